The second kappa shape index (κ2) is 11.7. The van der Waals surface area contributed by atoms with Crippen LogP contribution in [0.3, 0.4) is 0 Å². The Morgan fingerprint density at radius 3 is 2.38 bits per heavy atom. The maximum absolute atomic E-state index is 11.3. The zero-order valence-electron chi connectivity index (χ0n) is 16.2. The number of halogens is 1. The van der Waals surface area contributed by atoms with Gasteiger partial charge in [-0.3, -0.25) is 14.7 Å². The van der Waals surface area contributed by atoms with E-state index in [1.54, 1.807) is 25.3 Å². The van der Waals surface area contributed by atoms with Gasteiger partial charge in [0.1, 0.15) is 0 Å². The van der Waals surface area contributed by atoms with Gasteiger partial charge < -0.3 is 15.5 Å². The molecular formula is C17H31IN6OS. The number of amides is 1. The van der Waals surface area contributed by atoms with E-state index in [0.29, 0.717) is 0 Å². The molecule has 2 heterocycles. The fourth-order valence-electron chi connectivity index (χ4n) is 2.77. The Labute approximate surface area is 177 Å². The lowest BCUT2D eigenvalue weighted by molar-refractivity contribution is -0.130. The number of aliphatic imine (C=N–C) groups is 1. The summed E-state index contributed by atoms with van der Waals surface area (Å²) in [5.74, 6) is 1.00. The van der Waals surface area contributed by atoms with Crippen LogP contribution in [-0.4, -0.2) is 79.5 Å². The number of carbonyl (C=O) groups is 1. The van der Waals surface area contributed by atoms with Crippen LogP contribution < -0.4 is 10.6 Å². The lowest BCUT2D eigenvalue weighted by atomic mass is 10.3. The second-order valence-electron chi connectivity index (χ2n) is 6.27. The van der Waals surface area contributed by atoms with Crippen LogP contribution >= 0.6 is 35.3 Å². The third kappa shape index (κ3) is 7.36. The number of hydrogen-bond acceptors (Lipinski definition) is 5. The Morgan fingerprint density at radius 1 is 1.19 bits per heavy atom. The first-order chi connectivity index (χ1) is 12.0. The van der Waals surface area contributed by atoms with E-state index >= 15 is 0 Å². The van der Waals surface area contributed by atoms with Gasteiger partial charge in [0.15, 0.2) is 5.96 Å². The summed E-state index contributed by atoms with van der Waals surface area (Å²) in [4.78, 5) is 25.7. The van der Waals surface area contributed by atoms with Crippen LogP contribution in [0.1, 0.15) is 22.5 Å². The normalized spacial score (nSPS) is 15.5. The molecule has 1 aliphatic heterocycles. The van der Waals surface area contributed by atoms with Gasteiger partial charge in [0.05, 0.1) is 10.7 Å². The fourth-order valence-corrected chi connectivity index (χ4v) is 3.71. The van der Waals surface area contributed by atoms with Gasteiger partial charge in [-0.05, 0) is 13.8 Å². The molecule has 148 valence electrons. The lowest BCUT2D eigenvalue weighted by Crippen LogP contribution is -2.50. The van der Waals surface area contributed by atoms with Crippen LogP contribution in [0, 0.1) is 13.8 Å². The summed E-state index contributed by atoms with van der Waals surface area (Å²) in [7, 11) is 1.79. The molecule has 2 rings (SSSR count). The van der Waals surface area contributed by atoms with E-state index in [1.807, 2.05) is 4.90 Å². The van der Waals surface area contributed by atoms with Crippen LogP contribution in [0.25, 0.3) is 0 Å². The minimum absolute atomic E-state index is 0. The average molecular weight is 494 g/mol. The highest BCUT2D eigenvalue weighted by atomic mass is 127. The van der Waals surface area contributed by atoms with Crippen molar-refractivity contribution in [1.29, 1.82) is 0 Å². The number of rotatable bonds is 6. The average Bonchev–Trinajstić information content (AvgIpc) is 2.91. The molecule has 1 aliphatic rings. The molecule has 0 saturated carbocycles. The summed E-state index contributed by atoms with van der Waals surface area (Å²) in [5.41, 5.74) is 1.13. The topological polar surface area (TPSA) is 72.9 Å². The molecule has 1 amide bonds. The largest absolute Gasteiger partial charge is 0.356 e. The van der Waals surface area contributed by atoms with Crippen LogP contribution in [0.5, 0.6) is 0 Å². The lowest BCUT2D eigenvalue weighted by Gasteiger charge is -2.34. The Kier molecular flexibility index (Phi) is 10.4. The molecule has 26 heavy (non-hydrogen) atoms. The molecule has 1 saturated heterocycles. The Hall–Kier alpha value is -0.940. The van der Waals surface area contributed by atoms with Crippen LogP contribution in [0.4, 0.5) is 0 Å². The summed E-state index contributed by atoms with van der Waals surface area (Å²) >= 11 is 1.77. The number of aromatic nitrogens is 1. The van der Waals surface area contributed by atoms with Crippen molar-refractivity contribution in [3.63, 3.8) is 0 Å². The summed E-state index contributed by atoms with van der Waals surface area (Å²) in [5, 5.41) is 7.86. The summed E-state index contributed by atoms with van der Waals surface area (Å²) in [6.45, 7) is 12.0. The molecule has 9 heteroatoms. The first-order valence-electron chi connectivity index (χ1n) is 8.85. The van der Waals surface area contributed by atoms with Crippen molar-refractivity contribution in [3.05, 3.63) is 15.6 Å². The minimum Gasteiger partial charge on any atom is -0.356 e. The first kappa shape index (κ1) is 23.1. The highest BCUT2D eigenvalue weighted by molar-refractivity contribution is 14.0. The predicted molar refractivity (Wildman–Crippen MR) is 119 cm³/mol. The van der Waals surface area contributed by atoms with Crippen molar-refractivity contribution in [2.75, 3.05) is 52.9 Å². The molecule has 0 spiro atoms. The van der Waals surface area contributed by atoms with E-state index in [2.05, 4.69) is 39.4 Å². The van der Waals surface area contributed by atoms with Crippen LogP contribution in [0.2, 0.25) is 0 Å². The van der Waals surface area contributed by atoms with Gasteiger partial charge >= 0.3 is 0 Å². The molecule has 0 bridgehead atoms. The number of aryl methyl sites for hydroxylation is 2. The Balaban J connectivity index is 0.00000338. The monoisotopic (exact) mass is 494 g/mol. The molecule has 0 aromatic carbocycles. The molecule has 0 radical (unpaired) electrons. The number of thiazole rings is 1. The van der Waals surface area contributed by atoms with Crippen molar-refractivity contribution in [3.8, 4) is 0 Å². The number of piperazine rings is 1. The van der Waals surface area contributed by atoms with Crippen LogP contribution in [0.15, 0.2) is 4.99 Å². The van der Waals surface area contributed by atoms with Crippen molar-refractivity contribution >= 4 is 47.2 Å². The molecule has 0 aliphatic carbocycles. The van der Waals surface area contributed by atoms with Gasteiger partial charge in [0, 0.05) is 71.1 Å². The van der Waals surface area contributed by atoms with Crippen molar-refractivity contribution in [2.45, 2.75) is 27.2 Å². The maximum atomic E-state index is 11.3. The Morgan fingerprint density at radius 2 is 1.85 bits per heavy atom. The SMILES string of the molecule is CN=C(NCCc1nc(C)c(C)s1)NCCN1CCN(C(C)=O)CC1.I. The zero-order chi connectivity index (χ0) is 18.2. The standard InChI is InChI=1S/C17H30N6OS.HI/c1-13-14(2)25-16(21-13)5-6-19-17(18-4)20-7-8-22-9-11-23(12-10-22)15(3)24;/h5-12H2,1-4H3,(H2,18,19,20);1H. The number of carbonyl (C=O) groups excluding carboxylic acids is 1. The van der Waals surface area contributed by atoms with Crippen molar-refractivity contribution in [2.24, 2.45) is 4.99 Å². The van der Waals surface area contributed by atoms with Crippen LogP contribution in [-0.2, 0) is 11.2 Å². The Bertz CT molecular complexity index is 579. The molecule has 7 nitrogen and oxygen atoms in total. The number of guanidine groups is 1. The molecule has 1 fully saturated rings. The highest BCUT2D eigenvalue weighted by Crippen LogP contribution is 2.16. The van der Waals surface area contributed by atoms with E-state index in [4.69, 9.17) is 0 Å². The van der Waals surface area contributed by atoms with Gasteiger partial charge in [0.25, 0.3) is 0 Å². The third-order valence-corrected chi connectivity index (χ3v) is 5.60. The van der Waals surface area contributed by atoms with Gasteiger partial charge in [0.2, 0.25) is 5.91 Å². The summed E-state index contributed by atoms with van der Waals surface area (Å²) < 4.78 is 0. The van der Waals surface area contributed by atoms with Gasteiger partial charge in [-0.25, -0.2) is 4.98 Å². The number of nitrogens with one attached hydrogen (secondary N) is 2. The fraction of sp³-hybridized carbons (Fsp3) is 0.706. The van der Waals surface area contributed by atoms with Crippen molar-refractivity contribution < 1.29 is 4.79 Å². The number of nitrogens with zero attached hydrogens (tertiary/aromatic N) is 4. The third-order valence-electron chi connectivity index (χ3n) is 4.47. The van der Waals surface area contributed by atoms with E-state index in [0.717, 1.165) is 63.9 Å². The van der Waals surface area contributed by atoms with E-state index in [-0.39, 0.29) is 29.9 Å². The van der Waals surface area contributed by atoms with Gasteiger partial charge in [-0.2, -0.15) is 0 Å². The van der Waals surface area contributed by atoms with Crippen molar-refractivity contribution in [1.82, 2.24) is 25.4 Å². The quantitative estimate of drug-likeness (QED) is 0.354. The predicted octanol–water partition coefficient (Wildman–Crippen LogP) is 1.25. The molecule has 0 unspecified atom stereocenters. The molecule has 0 atom stereocenters. The minimum atomic E-state index is 0. The second-order valence-corrected chi connectivity index (χ2v) is 7.56. The smallest absolute Gasteiger partial charge is 0.219 e. The summed E-state index contributed by atoms with van der Waals surface area (Å²) in [6.07, 6.45) is 0.910. The molecule has 1 aromatic rings. The van der Waals surface area contributed by atoms with Gasteiger partial charge in [-0.1, -0.05) is 0 Å². The van der Waals surface area contributed by atoms with E-state index < -0.39 is 0 Å². The molecular weight excluding hydrogens is 463 g/mol. The van der Waals surface area contributed by atoms with E-state index in [9.17, 15) is 4.79 Å². The highest BCUT2D eigenvalue weighted by Gasteiger charge is 2.17. The maximum Gasteiger partial charge on any atom is 0.219 e. The molecule has 1 aromatic heterocycles. The van der Waals surface area contributed by atoms with Gasteiger partial charge in [-0.15, -0.1) is 35.3 Å². The van der Waals surface area contributed by atoms with E-state index in [1.165, 1.54) is 9.88 Å². The summed E-state index contributed by atoms with van der Waals surface area (Å²) in [6, 6.07) is 0. The molecule has 2 N–H and O–H groups in total. The first-order valence-corrected chi connectivity index (χ1v) is 9.66. The zero-order valence-corrected chi connectivity index (χ0v) is 19.3. The number of hydrogen-bond donors (Lipinski definition) is 2.